The Bertz CT molecular complexity index is 2580. The highest BCUT2D eigenvalue weighted by molar-refractivity contribution is 6.06. The predicted octanol–water partition coefficient (Wildman–Crippen LogP) is 7.36. The van der Waals surface area contributed by atoms with E-state index in [-0.39, 0.29) is 74.9 Å². The summed E-state index contributed by atoms with van der Waals surface area (Å²) in [6, 6.07) is 19.0. The van der Waals surface area contributed by atoms with Gasteiger partial charge in [-0.3, -0.25) is 19.8 Å². The van der Waals surface area contributed by atoms with Crippen molar-refractivity contribution in [2.24, 2.45) is 0 Å². The third kappa shape index (κ3) is 8.28. The zero-order chi connectivity index (χ0) is 44.2. The number of hydrogen-bond acceptors (Lipinski definition) is 9. The Hall–Kier alpha value is -6.16. The summed E-state index contributed by atoms with van der Waals surface area (Å²) in [5, 5.41) is 22.0. The lowest BCUT2D eigenvalue weighted by Gasteiger charge is -2.41. The van der Waals surface area contributed by atoms with E-state index in [2.05, 4.69) is 38.1 Å². The fourth-order valence-corrected chi connectivity index (χ4v) is 10.0. The number of piperidine rings is 3. The summed E-state index contributed by atoms with van der Waals surface area (Å²) in [6.07, 6.45) is 4.15. The summed E-state index contributed by atoms with van der Waals surface area (Å²) in [7, 11) is 0. The fourth-order valence-electron chi connectivity index (χ4n) is 10.0. The van der Waals surface area contributed by atoms with Crippen LogP contribution in [0.25, 0.3) is 22.2 Å². The number of carbonyl (C=O) groups excluding carboxylic acids is 3. The molecule has 0 radical (unpaired) electrons. The summed E-state index contributed by atoms with van der Waals surface area (Å²) in [6.45, 7) is 6.45. The van der Waals surface area contributed by atoms with Crippen LogP contribution in [0.15, 0.2) is 72.9 Å². The minimum Gasteiger partial charge on any atom is -0.507 e. The summed E-state index contributed by atoms with van der Waals surface area (Å²) < 4.78 is 50.1. The monoisotopic (exact) mass is 863 g/mol. The Labute approximate surface area is 363 Å². The molecule has 16 heteroatoms. The number of halogens is 3. The first-order valence-electron chi connectivity index (χ1n) is 21.7. The number of alkyl halides is 3. The lowest BCUT2D eigenvalue weighted by atomic mass is 9.84. The predicted molar refractivity (Wildman–Crippen MR) is 235 cm³/mol. The van der Waals surface area contributed by atoms with Gasteiger partial charge in [0.05, 0.1) is 17.3 Å². The molecule has 4 amide bonds. The van der Waals surface area contributed by atoms with Crippen LogP contribution in [0.4, 0.5) is 35.2 Å². The molecule has 0 bridgehead atoms. The molecule has 3 aromatic carbocycles. The van der Waals surface area contributed by atoms with E-state index < -0.39 is 30.0 Å². The van der Waals surface area contributed by atoms with Crippen LogP contribution in [0.1, 0.15) is 77.5 Å². The second-order valence-corrected chi connectivity index (χ2v) is 17.7. The summed E-state index contributed by atoms with van der Waals surface area (Å²) in [5.41, 5.74) is 10.4. The van der Waals surface area contributed by atoms with E-state index in [0.29, 0.717) is 46.7 Å². The summed E-state index contributed by atoms with van der Waals surface area (Å²) in [5.74, 6) is -4.60. The standard InChI is InChI=1S/C47H52F3N9O4/c1-29-23-31(7-9-34(29)37-27-57(22-16-47(37,49)50)40-25-38(53-54-43(40)51)35-5-3-4-6-41(35)60)44(62)56-20-14-46(48,15-21-56)28-55-17-11-32(12-18-55)59-26-30(2)36-24-33(8-10-39(36)59)58-19-13-42(61)52-45(58)63/h3-10,23-26,32,37,60H,11-22,27-28H2,1-2H3,(H2,51,54)(H,52,61,63)/t37-/m0/s1. The number of nitrogens with one attached hydrogen (secondary N) is 1. The van der Waals surface area contributed by atoms with Gasteiger partial charge in [-0.1, -0.05) is 18.2 Å². The number of likely N-dealkylation sites (tertiary alicyclic amines) is 2. The van der Waals surface area contributed by atoms with Gasteiger partial charge in [0.15, 0.2) is 5.82 Å². The van der Waals surface area contributed by atoms with Crippen molar-refractivity contribution in [3.05, 3.63) is 95.2 Å². The van der Waals surface area contributed by atoms with Crippen molar-refractivity contribution in [1.82, 2.24) is 29.9 Å². The molecule has 4 N–H and O–H groups in total. The molecule has 9 rings (SSSR count). The maximum atomic E-state index is 16.4. The lowest BCUT2D eigenvalue weighted by Crippen LogP contribution is -2.51. The van der Waals surface area contributed by atoms with Gasteiger partial charge in [0.1, 0.15) is 11.4 Å². The van der Waals surface area contributed by atoms with Crippen LogP contribution in [0.5, 0.6) is 5.75 Å². The van der Waals surface area contributed by atoms with Gasteiger partial charge in [-0.25, -0.2) is 18.0 Å². The average molecular weight is 864 g/mol. The minimum atomic E-state index is -3.02. The maximum Gasteiger partial charge on any atom is 0.328 e. The van der Waals surface area contributed by atoms with Crippen LogP contribution in [0.3, 0.4) is 0 Å². The number of nitrogen functional groups attached to an aromatic ring is 1. The number of fused-ring (bicyclic) bond motifs is 1. The number of hydrogen-bond donors (Lipinski definition) is 3. The van der Waals surface area contributed by atoms with Gasteiger partial charge < -0.3 is 30.1 Å². The number of nitrogens with zero attached hydrogens (tertiary/aromatic N) is 7. The van der Waals surface area contributed by atoms with E-state index >= 15 is 13.2 Å². The molecule has 4 aliphatic heterocycles. The van der Waals surface area contributed by atoms with E-state index in [1.54, 1.807) is 64.1 Å². The number of phenolic OH excluding ortho intramolecular Hbond substituents is 1. The molecule has 330 valence electrons. The van der Waals surface area contributed by atoms with Crippen LogP contribution in [-0.2, 0) is 4.79 Å². The van der Waals surface area contributed by atoms with Crippen molar-refractivity contribution in [2.75, 3.05) is 67.9 Å². The Kier molecular flexibility index (Phi) is 11.1. The number of carbonyl (C=O) groups is 3. The van der Waals surface area contributed by atoms with Crippen LogP contribution in [0.2, 0.25) is 0 Å². The average Bonchev–Trinajstić information content (AvgIpc) is 3.59. The number of rotatable bonds is 8. The topological polar surface area (TPSA) is 153 Å². The Morgan fingerprint density at radius 2 is 1.65 bits per heavy atom. The quantitative estimate of drug-likeness (QED) is 0.145. The number of para-hydroxylation sites is 1. The molecule has 0 saturated carbocycles. The van der Waals surface area contributed by atoms with Crippen molar-refractivity contribution >= 4 is 45.9 Å². The number of nitrogens with two attached hydrogens (primary N) is 1. The van der Waals surface area contributed by atoms with Crippen LogP contribution in [0, 0.1) is 13.8 Å². The molecule has 1 atom stereocenters. The zero-order valence-corrected chi connectivity index (χ0v) is 35.5. The van der Waals surface area contributed by atoms with Gasteiger partial charge in [0.2, 0.25) is 5.91 Å². The Morgan fingerprint density at radius 1 is 0.889 bits per heavy atom. The molecule has 0 aliphatic carbocycles. The molecule has 6 heterocycles. The lowest BCUT2D eigenvalue weighted by molar-refractivity contribution is -0.120. The number of aryl methyl sites for hydroxylation is 2. The first kappa shape index (κ1) is 42.2. The molecule has 63 heavy (non-hydrogen) atoms. The van der Waals surface area contributed by atoms with E-state index in [4.69, 9.17) is 5.73 Å². The molecular weight excluding hydrogens is 812 g/mol. The number of benzene rings is 3. The summed E-state index contributed by atoms with van der Waals surface area (Å²) in [4.78, 5) is 45.1. The third-order valence-corrected chi connectivity index (χ3v) is 13.6. The second-order valence-electron chi connectivity index (χ2n) is 17.7. The summed E-state index contributed by atoms with van der Waals surface area (Å²) >= 11 is 0. The molecule has 5 aromatic rings. The van der Waals surface area contributed by atoms with E-state index in [9.17, 15) is 19.5 Å². The first-order valence-corrected chi connectivity index (χ1v) is 21.7. The highest BCUT2D eigenvalue weighted by Crippen LogP contribution is 2.44. The van der Waals surface area contributed by atoms with Gasteiger partial charge in [0, 0.05) is 118 Å². The van der Waals surface area contributed by atoms with Crippen LogP contribution in [-0.4, -0.2) is 111 Å². The normalized spacial score (nSPS) is 20.9. The molecule has 2 aromatic heterocycles. The molecular formula is C47H52F3N9O4. The highest BCUT2D eigenvalue weighted by atomic mass is 19.3. The Balaban J connectivity index is 0.801. The number of amides is 4. The van der Waals surface area contributed by atoms with E-state index in [1.165, 1.54) is 6.07 Å². The smallest absolute Gasteiger partial charge is 0.328 e. The van der Waals surface area contributed by atoms with E-state index in [0.717, 1.165) is 48.1 Å². The molecule has 13 nitrogen and oxygen atoms in total. The molecule has 4 saturated heterocycles. The highest BCUT2D eigenvalue weighted by Gasteiger charge is 2.46. The zero-order valence-electron chi connectivity index (χ0n) is 35.5. The number of phenols is 1. The SMILES string of the molecule is Cc1cc(C(=O)N2CCC(F)(CN3CCC(n4cc(C)c5cc(N6CCC(=O)NC6=O)ccc54)CC3)CC2)ccc1[C@@H]1CN(c2cc(-c3ccccc3O)nnc2N)CCC1(F)F. The van der Waals surface area contributed by atoms with Gasteiger partial charge in [0.25, 0.3) is 11.8 Å². The van der Waals surface area contributed by atoms with Gasteiger partial charge >= 0.3 is 6.03 Å². The maximum absolute atomic E-state index is 16.4. The molecule has 4 aliphatic rings. The first-order chi connectivity index (χ1) is 30.2. The van der Waals surface area contributed by atoms with Crippen molar-refractivity contribution < 1.29 is 32.7 Å². The van der Waals surface area contributed by atoms with Gasteiger partial charge in [-0.15, -0.1) is 10.2 Å². The van der Waals surface area contributed by atoms with Crippen molar-refractivity contribution in [3.8, 4) is 17.0 Å². The number of imide groups is 1. The molecule has 4 fully saturated rings. The second kappa shape index (κ2) is 16.5. The molecule has 0 unspecified atom stereocenters. The third-order valence-electron chi connectivity index (χ3n) is 13.6. The van der Waals surface area contributed by atoms with Crippen LogP contribution < -0.4 is 20.9 Å². The van der Waals surface area contributed by atoms with Gasteiger partial charge in [-0.2, -0.15) is 0 Å². The molecule has 0 spiro atoms. The van der Waals surface area contributed by atoms with Crippen molar-refractivity contribution in [2.45, 2.75) is 75.9 Å². The van der Waals surface area contributed by atoms with Crippen molar-refractivity contribution in [3.63, 3.8) is 0 Å². The number of urea groups is 1. The fraction of sp³-hybridized carbons (Fsp3) is 0.426. The van der Waals surface area contributed by atoms with Crippen LogP contribution >= 0.6 is 0 Å². The Morgan fingerprint density at radius 3 is 2.38 bits per heavy atom. The van der Waals surface area contributed by atoms with E-state index in [1.807, 2.05) is 18.2 Å². The number of anilines is 3. The minimum absolute atomic E-state index is 0.0145. The largest absolute Gasteiger partial charge is 0.507 e. The van der Waals surface area contributed by atoms with Gasteiger partial charge in [-0.05, 0) is 91.9 Å². The number of aromatic nitrogens is 3. The number of aromatic hydroxyl groups is 1. The van der Waals surface area contributed by atoms with Crippen molar-refractivity contribution in [1.29, 1.82) is 0 Å².